The number of ether oxygens (including phenoxy) is 2. The van der Waals surface area contributed by atoms with E-state index in [9.17, 15) is 14.4 Å². The Labute approximate surface area is 169 Å². The van der Waals surface area contributed by atoms with Gasteiger partial charge in [-0.05, 0) is 31.5 Å². The molecule has 1 atom stereocenters. The number of carbonyl (C=O) groups excluding carboxylic acids is 3. The highest BCUT2D eigenvalue weighted by Crippen LogP contribution is 2.30. The van der Waals surface area contributed by atoms with Gasteiger partial charge >= 0.3 is 5.97 Å². The fraction of sp³-hybridized carbons (Fsp3) is 0.318. The maximum atomic E-state index is 12.4. The molecule has 0 aliphatic carbocycles. The zero-order valence-corrected chi connectivity index (χ0v) is 16.5. The summed E-state index contributed by atoms with van der Waals surface area (Å²) in [5.74, 6) is -0.753. The van der Waals surface area contributed by atoms with E-state index in [-0.39, 0.29) is 25.5 Å². The molecule has 2 aromatic carbocycles. The number of fused-ring (bicyclic) bond motifs is 1. The minimum atomic E-state index is -0.971. The van der Waals surface area contributed by atoms with Crippen LogP contribution in [0.15, 0.2) is 48.5 Å². The number of benzene rings is 2. The summed E-state index contributed by atoms with van der Waals surface area (Å²) in [6.07, 6.45) is -0.810. The molecule has 0 fully saturated rings. The zero-order chi connectivity index (χ0) is 20.8. The van der Waals surface area contributed by atoms with Crippen molar-refractivity contribution >= 4 is 23.5 Å². The second-order valence-corrected chi connectivity index (χ2v) is 6.88. The highest BCUT2D eigenvalue weighted by atomic mass is 16.5. The van der Waals surface area contributed by atoms with Crippen LogP contribution in [-0.2, 0) is 25.7 Å². The minimum absolute atomic E-state index is 0.161. The van der Waals surface area contributed by atoms with Crippen LogP contribution >= 0.6 is 0 Å². The summed E-state index contributed by atoms with van der Waals surface area (Å²) in [5.41, 5.74) is 2.61. The molecule has 0 unspecified atom stereocenters. The van der Waals surface area contributed by atoms with Gasteiger partial charge in [-0.25, -0.2) is 0 Å². The van der Waals surface area contributed by atoms with Gasteiger partial charge < -0.3 is 14.8 Å². The van der Waals surface area contributed by atoms with E-state index in [1.54, 1.807) is 24.3 Å². The molecule has 1 aliphatic heterocycles. The van der Waals surface area contributed by atoms with E-state index in [0.717, 1.165) is 11.1 Å². The van der Waals surface area contributed by atoms with E-state index in [1.165, 1.54) is 11.8 Å². The molecule has 2 aromatic rings. The number of hydrogen-bond acceptors (Lipinski definition) is 5. The van der Waals surface area contributed by atoms with Crippen molar-refractivity contribution in [3.63, 3.8) is 0 Å². The summed E-state index contributed by atoms with van der Waals surface area (Å²) in [5, 5.41) is 2.74. The molecule has 1 aliphatic rings. The number of nitrogens with one attached hydrogen (secondary N) is 1. The van der Waals surface area contributed by atoms with Crippen LogP contribution in [0.25, 0.3) is 0 Å². The number of anilines is 1. The number of aryl methyl sites for hydroxylation is 1. The molecule has 2 amide bonds. The lowest BCUT2D eigenvalue weighted by Crippen LogP contribution is -2.40. The molecule has 7 heteroatoms. The Morgan fingerprint density at radius 1 is 1.17 bits per heavy atom. The fourth-order valence-corrected chi connectivity index (χ4v) is 2.95. The maximum Gasteiger partial charge on any atom is 0.326 e. The minimum Gasteiger partial charge on any atom is -0.491 e. The second kappa shape index (κ2) is 9.23. The maximum absolute atomic E-state index is 12.4. The van der Waals surface area contributed by atoms with Gasteiger partial charge in [0.2, 0.25) is 5.91 Å². The molecule has 0 spiro atoms. The number of nitrogens with zero attached hydrogens (tertiary/aromatic N) is 1. The summed E-state index contributed by atoms with van der Waals surface area (Å²) < 4.78 is 10.8. The summed E-state index contributed by atoms with van der Waals surface area (Å²) in [4.78, 5) is 38.3. The molecule has 7 nitrogen and oxygen atoms in total. The van der Waals surface area contributed by atoms with Gasteiger partial charge in [-0.1, -0.05) is 42.0 Å². The van der Waals surface area contributed by atoms with Gasteiger partial charge in [-0.3, -0.25) is 19.3 Å². The molecule has 0 bridgehead atoms. The lowest BCUT2D eigenvalue weighted by atomic mass is 10.1. The highest BCUT2D eigenvalue weighted by Gasteiger charge is 2.27. The zero-order valence-electron chi connectivity index (χ0n) is 16.5. The SMILES string of the molecule is Cc1ccc(CNC(=O)[C@@H](C)OC(=O)CN2C(=O)CCOc3ccccc32)cc1. The number of rotatable bonds is 6. The van der Waals surface area contributed by atoms with Crippen LogP contribution in [0.4, 0.5) is 5.69 Å². The first-order valence-electron chi connectivity index (χ1n) is 9.49. The molecule has 0 saturated heterocycles. The largest absolute Gasteiger partial charge is 0.491 e. The van der Waals surface area contributed by atoms with Crippen molar-refractivity contribution in [1.82, 2.24) is 5.32 Å². The second-order valence-electron chi connectivity index (χ2n) is 6.88. The van der Waals surface area contributed by atoms with Gasteiger partial charge in [-0.2, -0.15) is 0 Å². The third kappa shape index (κ3) is 5.34. The van der Waals surface area contributed by atoms with Crippen molar-refractivity contribution < 1.29 is 23.9 Å². The summed E-state index contributed by atoms with van der Waals surface area (Å²) in [6, 6.07) is 14.8. The summed E-state index contributed by atoms with van der Waals surface area (Å²) in [7, 11) is 0. The van der Waals surface area contributed by atoms with Crippen molar-refractivity contribution in [3.8, 4) is 5.75 Å². The lowest BCUT2D eigenvalue weighted by molar-refractivity contribution is -0.153. The Bertz CT molecular complexity index is 894. The van der Waals surface area contributed by atoms with Crippen molar-refractivity contribution in [2.75, 3.05) is 18.1 Å². The van der Waals surface area contributed by atoms with E-state index in [2.05, 4.69) is 5.32 Å². The van der Waals surface area contributed by atoms with Gasteiger partial charge in [0.1, 0.15) is 12.3 Å². The first kappa shape index (κ1) is 20.4. The van der Waals surface area contributed by atoms with Gasteiger partial charge in [0.15, 0.2) is 6.10 Å². The number of hydrogen-bond donors (Lipinski definition) is 1. The first-order chi connectivity index (χ1) is 13.9. The van der Waals surface area contributed by atoms with Crippen LogP contribution < -0.4 is 15.0 Å². The van der Waals surface area contributed by atoms with Crippen molar-refractivity contribution in [3.05, 3.63) is 59.7 Å². The Balaban J connectivity index is 1.56. The first-order valence-corrected chi connectivity index (χ1v) is 9.49. The quantitative estimate of drug-likeness (QED) is 0.758. The van der Waals surface area contributed by atoms with E-state index in [4.69, 9.17) is 9.47 Å². The van der Waals surface area contributed by atoms with Crippen molar-refractivity contribution in [2.45, 2.75) is 32.9 Å². The highest BCUT2D eigenvalue weighted by molar-refractivity contribution is 5.99. The Kier molecular flexibility index (Phi) is 6.49. The van der Waals surface area contributed by atoms with Gasteiger partial charge in [0, 0.05) is 6.54 Å². The third-order valence-corrected chi connectivity index (χ3v) is 4.58. The number of esters is 1. The van der Waals surface area contributed by atoms with E-state index >= 15 is 0 Å². The van der Waals surface area contributed by atoms with E-state index in [0.29, 0.717) is 18.0 Å². The molecule has 29 heavy (non-hydrogen) atoms. The molecular weight excluding hydrogens is 372 g/mol. The topological polar surface area (TPSA) is 84.9 Å². The van der Waals surface area contributed by atoms with Crippen molar-refractivity contribution in [1.29, 1.82) is 0 Å². The van der Waals surface area contributed by atoms with Crippen LogP contribution in [0.1, 0.15) is 24.5 Å². The predicted octanol–water partition coefficient (Wildman–Crippen LogP) is 2.36. The molecule has 0 radical (unpaired) electrons. The van der Waals surface area contributed by atoms with Gasteiger partial charge in [0.25, 0.3) is 5.91 Å². The molecule has 152 valence electrons. The van der Waals surface area contributed by atoms with Gasteiger partial charge in [0.05, 0.1) is 18.7 Å². The lowest BCUT2D eigenvalue weighted by Gasteiger charge is -2.22. The molecule has 0 saturated carbocycles. The van der Waals surface area contributed by atoms with Crippen LogP contribution in [0.2, 0.25) is 0 Å². The van der Waals surface area contributed by atoms with Gasteiger partial charge in [-0.15, -0.1) is 0 Å². The van der Waals surface area contributed by atoms with Crippen LogP contribution in [0.5, 0.6) is 5.75 Å². The average Bonchev–Trinajstić information content (AvgIpc) is 2.86. The van der Waals surface area contributed by atoms with E-state index < -0.39 is 18.0 Å². The number of para-hydroxylation sites is 2. The normalized spacial score (nSPS) is 14.3. The molecule has 3 rings (SSSR count). The molecule has 0 aromatic heterocycles. The average molecular weight is 396 g/mol. The number of amides is 2. The standard InChI is InChI=1S/C22H24N2O5/c1-15-7-9-17(10-8-15)13-23-22(27)16(2)29-21(26)14-24-18-5-3-4-6-19(18)28-12-11-20(24)25/h3-10,16H,11-14H2,1-2H3,(H,23,27)/t16-/m1/s1. The Morgan fingerprint density at radius 3 is 2.66 bits per heavy atom. The monoisotopic (exact) mass is 396 g/mol. The predicted molar refractivity (Wildman–Crippen MR) is 107 cm³/mol. The van der Waals surface area contributed by atoms with E-state index in [1.807, 2.05) is 31.2 Å². The third-order valence-electron chi connectivity index (χ3n) is 4.58. The molecular formula is C22H24N2O5. The Hall–Kier alpha value is -3.35. The smallest absolute Gasteiger partial charge is 0.326 e. The summed E-state index contributed by atoms with van der Waals surface area (Å²) >= 11 is 0. The fourth-order valence-electron chi connectivity index (χ4n) is 2.95. The van der Waals surface area contributed by atoms with Crippen LogP contribution in [0.3, 0.4) is 0 Å². The van der Waals surface area contributed by atoms with Crippen LogP contribution in [0, 0.1) is 6.92 Å². The van der Waals surface area contributed by atoms with Crippen molar-refractivity contribution in [2.24, 2.45) is 0 Å². The summed E-state index contributed by atoms with van der Waals surface area (Å²) in [6.45, 7) is 3.80. The number of carbonyl (C=O) groups is 3. The molecule has 1 heterocycles. The Morgan fingerprint density at radius 2 is 1.90 bits per heavy atom. The van der Waals surface area contributed by atoms with Crippen LogP contribution in [-0.4, -0.2) is 37.0 Å². The molecule has 1 N–H and O–H groups in total.